The summed E-state index contributed by atoms with van der Waals surface area (Å²) in [7, 11) is 0. The van der Waals surface area contributed by atoms with Crippen molar-refractivity contribution in [2.24, 2.45) is 0 Å². The van der Waals surface area contributed by atoms with Crippen LogP contribution in [0.15, 0.2) is 109 Å². The second-order valence-electron chi connectivity index (χ2n) is 5.98. The van der Waals surface area contributed by atoms with Crippen molar-refractivity contribution in [3.8, 4) is 22.3 Å². The Morgan fingerprint density at radius 2 is 0.920 bits per heavy atom. The van der Waals surface area contributed by atoms with Crippen LogP contribution in [0.4, 0.5) is 11.4 Å². The Kier molecular flexibility index (Phi) is 4.30. The lowest BCUT2D eigenvalue weighted by Crippen LogP contribution is -1.93. The predicted molar refractivity (Wildman–Crippen MR) is 107 cm³/mol. The third-order valence-electron chi connectivity index (χ3n) is 4.28. The first-order valence-corrected chi connectivity index (χ1v) is 8.47. The van der Waals surface area contributed by atoms with Crippen molar-refractivity contribution in [1.82, 2.24) is 0 Å². The summed E-state index contributed by atoms with van der Waals surface area (Å²) < 4.78 is 0. The van der Waals surface area contributed by atoms with Gasteiger partial charge in [-0.25, -0.2) is 0 Å². The lowest BCUT2D eigenvalue weighted by Gasteiger charge is -2.13. The molecule has 1 heteroatoms. The highest BCUT2D eigenvalue weighted by Gasteiger charge is 2.05. The average molecular weight is 321 g/mol. The molecule has 1 nitrogen and oxygen atoms in total. The maximum atomic E-state index is 3.55. The first-order chi connectivity index (χ1) is 12.4. The first kappa shape index (κ1) is 15.2. The molecule has 0 aliphatic rings. The Hall–Kier alpha value is -3.32. The van der Waals surface area contributed by atoms with Gasteiger partial charge < -0.3 is 5.32 Å². The molecule has 25 heavy (non-hydrogen) atoms. The van der Waals surface area contributed by atoms with E-state index in [1.54, 1.807) is 0 Å². The van der Waals surface area contributed by atoms with Gasteiger partial charge in [-0.05, 0) is 34.9 Å². The van der Waals surface area contributed by atoms with Crippen molar-refractivity contribution < 1.29 is 0 Å². The quantitative estimate of drug-likeness (QED) is 0.437. The molecule has 4 rings (SSSR count). The van der Waals surface area contributed by atoms with E-state index in [-0.39, 0.29) is 0 Å². The van der Waals surface area contributed by atoms with E-state index in [0.717, 1.165) is 11.4 Å². The van der Waals surface area contributed by atoms with Gasteiger partial charge in [0.1, 0.15) is 0 Å². The van der Waals surface area contributed by atoms with Crippen molar-refractivity contribution >= 4 is 11.4 Å². The maximum absolute atomic E-state index is 3.55. The van der Waals surface area contributed by atoms with Crippen LogP contribution in [0.25, 0.3) is 22.3 Å². The smallest absolute Gasteiger partial charge is 0.0463 e. The van der Waals surface area contributed by atoms with Crippen LogP contribution < -0.4 is 5.32 Å². The number of nitrogens with one attached hydrogen (secondary N) is 1. The molecule has 0 heterocycles. The summed E-state index contributed by atoms with van der Waals surface area (Å²) in [5, 5.41) is 3.55. The minimum absolute atomic E-state index is 1.09. The van der Waals surface area contributed by atoms with Gasteiger partial charge in [-0.1, -0.05) is 91.0 Å². The minimum atomic E-state index is 1.09. The van der Waals surface area contributed by atoms with Crippen LogP contribution in [-0.4, -0.2) is 0 Å². The molecule has 0 spiro atoms. The summed E-state index contributed by atoms with van der Waals surface area (Å²) in [4.78, 5) is 0. The highest BCUT2D eigenvalue weighted by molar-refractivity contribution is 5.81. The average Bonchev–Trinajstić information content (AvgIpc) is 2.70. The SMILES string of the molecule is c1ccc(-c2ccc(Nc3ccccc3-c3ccccc3)cc2)cc1. The van der Waals surface area contributed by atoms with E-state index in [1.807, 2.05) is 12.1 Å². The molecule has 0 atom stereocenters. The van der Waals surface area contributed by atoms with Gasteiger partial charge in [0, 0.05) is 16.9 Å². The van der Waals surface area contributed by atoms with Crippen LogP contribution in [0, 0.1) is 0 Å². The van der Waals surface area contributed by atoms with Crippen LogP contribution in [0.3, 0.4) is 0 Å². The summed E-state index contributed by atoms with van der Waals surface area (Å²) in [5.41, 5.74) is 7.08. The van der Waals surface area contributed by atoms with Crippen molar-refractivity contribution in [3.05, 3.63) is 109 Å². The monoisotopic (exact) mass is 321 g/mol. The third-order valence-corrected chi connectivity index (χ3v) is 4.28. The fourth-order valence-electron chi connectivity index (χ4n) is 2.99. The molecule has 0 aliphatic carbocycles. The van der Waals surface area contributed by atoms with Gasteiger partial charge in [0.15, 0.2) is 0 Å². The number of benzene rings is 4. The summed E-state index contributed by atoms with van der Waals surface area (Å²) in [6.07, 6.45) is 0. The fraction of sp³-hybridized carbons (Fsp3) is 0. The van der Waals surface area contributed by atoms with Gasteiger partial charge in [0.25, 0.3) is 0 Å². The zero-order chi connectivity index (χ0) is 16.9. The molecule has 4 aromatic rings. The number of rotatable bonds is 4. The lowest BCUT2D eigenvalue weighted by atomic mass is 10.0. The van der Waals surface area contributed by atoms with E-state index < -0.39 is 0 Å². The van der Waals surface area contributed by atoms with Crippen LogP contribution in [-0.2, 0) is 0 Å². The highest BCUT2D eigenvalue weighted by Crippen LogP contribution is 2.30. The molecule has 0 aliphatic heterocycles. The van der Waals surface area contributed by atoms with Gasteiger partial charge in [-0.2, -0.15) is 0 Å². The standard InChI is InChI=1S/C24H19N/c1-3-9-19(10-4-1)20-15-17-22(18-16-20)25-24-14-8-7-13-23(24)21-11-5-2-6-12-21/h1-18,25H. The van der Waals surface area contributed by atoms with E-state index in [9.17, 15) is 0 Å². The second kappa shape index (κ2) is 7.06. The Bertz CT molecular complexity index is 942. The minimum Gasteiger partial charge on any atom is -0.355 e. The molecule has 0 amide bonds. The van der Waals surface area contributed by atoms with Crippen LogP contribution in [0.1, 0.15) is 0 Å². The molecule has 4 aromatic carbocycles. The molecular weight excluding hydrogens is 302 g/mol. The van der Waals surface area contributed by atoms with Crippen molar-refractivity contribution in [2.45, 2.75) is 0 Å². The Balaban J connectivity index is 1.61. The first-order valence-electron chi connectivity index (χ1n) is 8.47. The van der Waals surface area contributed by atoms with E-state index in [4.69, 9.17) is 0 Å². The van der Waals surface area contributed by atoms with Crippen LogP contribution in [0.5, 0.6) is 0 Å². The molecule has 0 unspecified atom stereocenters. The second-order valence-corrected chi connectivity index (χ2v) is 5.98. The van der Waals surface area contributed by atoms with Crippen molar-refractivity contribution in [3.63, 3.8) is 0 Å². The predicted octanol–water partition coefficient (Wildman–Crippen LogP) is 6.76. The Morgan fingerprint density at radius 3 is 1.60 bits per heavy atom. The Morgan fingerprint density at radius 1 is 0.400 bits per heavy atom. The summed E-state index contributed by atoms with van der Waals surface area (Å²) >= 11 is 0. The molecule has 0 fully saturated rings. The van der Waals surface area contributed by atoms with Gasteiger partial charge in [0.2, 0.25) is 0 Å². The largest absolute Gasteiger partial charge is 0.355 e. The molecule has 0 aromatic heterocycles. The third kappa shape index (κ3) is 3.46. The molecule has 0 radical (unpaired) electrons. The van der Waals surface area contributed by atoms with Gasteiger partial charge >= 0.3 is 0 Å². The van der Waals surface area contributed by atoms with Crippen LogP contribution >= 0.6 is 0 Å². The van der Waals surface area contributed by atoms with E-state index in [2.05, 4.69) is 102 Å². The zero-order valence-corrected chi connectivity index (χ0v) is 13.9. The highest BCUT2D eigenvalue weighted by atomic mass is 14.9. The van der Waals surface area contributed by atoms with Gasteiger partial charge in [0.05, 0.1) is 0 Å². The number of para-hydroxylation sites is 1. The molecule has 120 valence electrons. The molecule has 0 saturated carbocycles. The van der Waals surface area contributed by atoms with Crippen molar-refractivity contribution in [1.29, 1.82) is 0 Å². The van der Waals surface area contributed by atoms with E-state index in [0.29, 0.717) is 0 Å². The molecule has 0 saturated heterocycles. The molecule has 1 N–H and O–H groups in total. The maximum Gasteiger partial charge on any atom is 0.0463 e. The van der Waals surface area contributed by atoms with Gasteiger partial charge in [-0.15, -0.1) is 0 Å². The lowest BCUT2D eigenvalue weighted by molar-refractivity contribution is 1.53. The van der Waals surface area contributed by atoms with E-state index in [1.165, 1.54) is 22.3 Å². The normalized spacial score (nSPS) is 10.4. The summed E-state index contributed by atoms with van der Waals surface area (Å²) in [6.45, 7) is 0. The number of anilines is 2. The fourth-order valence-corrected chi connectivity index (χ4v) is 2.99. The molecule has 0 bridgehead atoms. The molecular formula is C24H19N. The number of hydrogen-bond donors (Lipinski definition) is 1. The topological polar surface area (TPSA) is 12.0 Å². The van der Waals surface area contributed by atoms with Crippen molar-refractivity contribution in [2.75, 3.05) is 5.32 Å². The summed E-state index contributed by atoms with van der Waals surface area (Å²) in [6, 6.07) is 37.9. The number of hydrogen-bond acceptors (Lipinski definition) is 1. The summed E-state index contributed by atoms with van der Waals surface area (Å²) in [5.74, 6) is 0. The van der Waals surface area contributed by atoms with Gasteiger partial charge in [-0.3, -0.25) is 0 Å². The van der Waals surface area contributed by atoms with Crippen LogP contribution in [0.2, 0.25) is 0 Å². The zero-order valence-electron chi connectivity index (χ0n) is 13.9. The van der Waals surface area contributed by atoms with E-state index >= 15 is 0 Å². The Labute approximate surface area is 148 Å².